The third-order valence-corrected chi connectivity index (χ3v) is 6.05. The number of thiocarbonyl (C=S) groups is 1. The monoisotopic (exact) mass is 486 g/mol. The van der Waals surface area contributed by atoms with Crippen molar-refractivity contribution in [3.05, 3.63) is 63.7 Å². The Balaban J connectivity index is 1.73. The Labute approximate surface area is 201 Å². The molecule has 0 aliphatic carbocycles. The van der Waals surface area contributed by atoms with Gasteiger partial charge in [-0.25, -0.2) is 9.59 Å². The Hall–Kier alpha value is -3.24. The highest BCUT2D eigenvalue weighted by atomic mass is 32.1. The second-order valence-electron chi connectivity index (χ2n) is 7.16. The molecule has 0 fully saturated rings. The van der Waals surface area contributed by atoms with Crippen molar-refractivity contribution in [2.45, 2.75) is 34.2 Å². The summed E-state index contributed by atoms with van der Waals surface area (Å²) >= 11 is 6.51. The highest BCUT2D eigenvalue weighted by molar-refractivity contribution is 7.80. The smallest absolute Gasteiger partial charge is 0.348 e. The number of benzene rings is 1. The van der Waals surface area contributed by atoms with E-state index in [4.69, 9.17) is 21.7 Å². The maximum Gasteiger partial charge on any atom is 0.348 e. The molecule has 0 spiro atoms. The van der Waals surface area contributed by atoms with Crippen molar-refractivity contribution in [2.75, 3.05) is 23.8 Å². The first-order valence-corrected chi connectivity index (χ1v) is 11.7. The van der Waals surface area contributed by atoms with Crippen LogP contribution in [-0.2, 0) is 16.0 Å². The van der Waals surface area contributed by atoms with Crippen LogP contribution in [0.15, 0.2) is 36.5 Å². The van der Waals surface area contributed by atoms with E-state index < -0.39 is 11.9 Å². The van der Waals surface area contributed by atoms with E-state index in [0.29, 0.717) is 27.8 Å². The average molecular weight is 487 g/mol. The molecule has 2 N–H and O–H groups in total. The van der Waals surface area contributed by atoms with Gasteiger partial charge in [-0.1, -0.05) is 29.8 Å². The van der Waals surface area contributed by atoms with Gasteiger partial charge in [0.15, 0.2) is 10.9 Å². The Morgan fingerprint density at radius 3 is 2.36 bits per heavy atom. The van der Waals surface area contributed by atoms with Gasteiger partial charge in [-0.2, -0.15) is 5.10 Å². The molecule has 10 heteroatoms. The number of hydrogen-bond acceptors (Lipinski definition) is 7. The number of hydrogen-bond donors (Lipinski definition) is 2. The van der Waals surface area contributed by atoms with Crippen LogP contribution in [0, 0.1) is 13.8 Å². The Kier molecular flexibility index (Phi) is 8.18. The average Bonchev–Trinajstić information content (AvgIpc) is 3.33. The van der Waals surface area contributed by atoms with Crippen LogP contribution in [0.3, 0.4) is 0 Å². The van der Waals surface area contributed by atoms with Crippen LogP contribution < -0.4 is 10.6 Å². The summed E-state index contributed by atoms with van der Waals surface area (Å²) in [6.45, 7) is 8.25. The fraction of sp³-hybridized carbons (Fsp3) is 0.304. The van der Waals surface area contributed by atoms with Crippen LogP contribution in [0.25, 0.3) is 0 Å². The zero-order chi connectivity index (χ0) is 24.0. The van der Waals surface area contributed by atoms with Gasteiger partial charge >= 0.3 is 11.9 Å². The quantitative estimate of drug-likeness (QED) is 0.347. The minimum absolute atomic E-state index is 0.212. The summed E-state index contributed by atoms with van der Waals surface area (Å²) in [7, 11) is 0. The van der Waals surface area contributed by atoms with Crippen LogP contribution in [0.2, 0.25) is 0 Å². The minimum atomic E-state index is -0.533. The third-order valence-electron chi connectivity index (χ3n) is 4.66. The molecule has 3 rings (SSSR count). The van der Waals surface area contributed by atoms with Gasteiger partial charge in [-0.15, -0.1) is 11.3 Å². The van der Waals surface area contributed by atoms with Crippen LogP contribution >= 0.6 is 23.6 Å². The van der Waals surface area contributed by atoms with Crippen molar-refractivity contribution in [1.29, 1.82) is 0 Å². The predicted octanol–water partition coefficient (Wildman–Crippen LogP) is 4.77. The Morgan fingerprint density at radius 2 is 1.70 bits per heavy atom. The Morgan fingerprint density at radius 1 is 1.03 bits per heavy atom. The van der Waals surface area contributed by atoms with Gasteiger partial charge in [0.2, 0.25) is 0 Å². The molecule has 0 saturated carbocycles. The van der Waals surface area contributed by atoms with Gasteiger partial charge in [0.05, 0.1) is 25.3 Å². The number of rotatable bonds is 8. The normalized spacial score (nSPS) is 10.5. The lowest BCUT2D eigenvalue weighted by Crippen LogP contribution is -2.20. The molecule has 2 aromatic heterocycles. The number of nitrogens with one attached hydrogen (secondary N) is 2. The summed E-state index contributed by atoms with van der Waals surface area (Å²) in [6, 6.07) is 10.1. The van der Waals surface area contributed by atoms with Gasteiger partial charge < -0.3 is 20.1 Å². The van der Waals surface area contributed by atoms with E-state index >= 15 is 0 Å². The van der Waals surface area contributed by atoms with Gasteiger partial charge in [0.1, 0.15) is 9.88 Å². The van der Waals surface area contributed by atoms with Crippen LogP contribution in [-0.4, -0.2) is 40.0 Å². The first-order valence-electron chi connectivity index (χ1n) is 10.5. The molecular weight excluding hydrogens is 460 g/mol. The predicted molar refractivity (Wildman–Crippen MR) is 133 cm³/mol. The van der Waals surface area contributed by atoms with Crippen molar-refractivity contribution < 1.29 is 19.1 Å². The summed E-state index contributed by atoms with van der Waals surface area (Å²) < 4.78 is 12.1. The molecule has 0 aliphatic rings. The molecule has 8 nitrogen and oxygen atoms in total. The lowest BCUT2D eigenvalue weighted by atomic mass is 10.1. The number of aromatic nitrogens is 2. The zero-order valence-electron chi connectivity index (χ0n) is 18.9. The van der Waals surface area contributed by atoms with E-state index in [0.717, 1.165) is 16.9 Å². The second kappa shape index (κ2) is 11.1. The highest BCUT2D eigenvalue weighted by Crippen LogP contribution is 2.34. The maximum absolute atomic E-state index is 12.5. The zero-order valence-corrected chi connectivity index (χ0v) is 20.6. The van der Waals surface area contributed by atoms with Crippen molar-refractivity contribution in [1.82, 2.24) is 9.78 Å². The first-order chi connectivity index (χ1) is 15.8. The van der Waals surface area contributed by atoms with E-state index in [1.807, 2.05) is 13.1 Å². The summed E-state index contributed by atoms with van der Waals surface area (Å²) in [4.78, 5) is 25.2. The van der Waals surface area contributed by atoms with Crippen LogP contribution in [0.4, 0.5) is 10.8 Å². The number of nitrogens with zero attached hydrogens (tertiary/aromatic N) is 2. The second-order valence-corrected chi connectivity index (χ2v) is 8.59. The fourth-order valence-corrected chi connectivity index (χ4v) is 4.45. The van der Waals surface area contributed by atoms with E-state index in [1.54, 1.807) is 31.5 Å². The third kappa shape index (κ3) is 6.17. The molecule has 0 atom stereocenters. The van der Waals surface area contributed by atoms with Crippen molar-refractivity contribution in [3.8, 4) is 0 Å². The molecule has 0 bridgehead atoms. The molecule has 0 radical (unpaired) electrons. The van der Waals surface area contributed by atoms with Gasteiger partial charge in [0.25, 0.3) is 0 Å². The van der Waals surface area contributed by atoms with Crippen molar-refractivity contribution in [3.63, 3.8) is 0 Å². The Bertz CT molecular complexity index is 1150. The molecule has 3 aromatic rings. The van der Waals surface area contributed by atoms with Crippen LogP contribution in [0.5, 0.6) is 0 Å². The molecule has 0 saturated heterocycles. The molecule has 0 amide bonds. The lowest BCUT2D eigenvalue weighted by Gasteiger charge is -2.09. The number of ether oxygens (including phenoxy) is 2. The van der Waals surface area contributed by atoms with E-state index in [2.05, 4.69) is 40.0 Å². The van der Waals surface area contributed by atoms with E-state index in [9.17, 15) is 9.59 Å². The topological polar surface area (TPSA) is 94.5 Å². The summed E-state index contributed by atoms with van der Waals surface area (Å²) in [6.07, 6.45) is 1.85. The van der Waals surface area contributed by atoms with Gasteiger partial charge in [-0.05, 0) is 51.0 Å². The largest absolute Gasteiger partial charge is 0.462 e. The highest BCUT2D eigenvalue weighted by Gasteiger charge is 2.27. The van der Waals surface area contributed by atoms with Gasteiger partial charge in [-0.3, -0.25) is 4.68 Å². The van der Waals surface area contributed by atoms with Crippen molar-refractivity contribution >= 4 is 51.4 Å². The summed E-state index contributed by atoms with van der Waals surface area (Å²) in [5.74, 6) is -0.474. The maximum atomic E-state index is 12.5. The number of esters is 2. The molecule has 2 heterocycles. The fourth-order valence-electron chi connectivity index (χ4n) is 3.09. The molecule has 0 unspecified atom stereocenters. The van der Waals surface area contributed by atoms with E-state index in [1.165, 1.54) is 5.56 Å². The molecule has 0 aliphatic heterocycles. The lowest BCUT2D eigenvalue weighted by molar-refractivity contribution is 0.0527. The van der Waals surface area contributed by atoms with E-state index in [-0.39, 0.29) is 23.9 Å². The number of aryl methyl sites for hydroxylation is 1. The summed E-state index contributed by atoms with van der Waals surface area (Å²) in [5, 5.41) is 11.1. The number of carbonyl (C=O) groups excluding carboxylic acids is 2. The molecule has 1 aromatic carbocycles. The molecule has 33 heavy (non-hydrogen) atoms. The SMILES string of the molecule is CCOC(=O)c1sc(NC(=S)Nc2ccn(Cc3ccc(C)cc3)n2)c(C(=O)OCC)c1C. The van der Waals surface area contributed by atoms with Crippen molar-refractivity contribution in [2.24, 2.45) is 0 Å². The standard InChI is InChI=1S/C23H26N4O4S2/c1-5-30-21(28)18-15(4)19(22(29)31-6-2)33-20(18)25-23(32)24-17-11-12-27(26-17)13-16-9-7-14(3)8-10-16/h7-12H,5-6,13H2,1-4H3,(H2,24,25,26,32). The summed E-state index contributed by atoms with van der Waals surface area (Å²) in [5.41, 5.74) is 3.09. The number of carbonyl (C=O) groups is 2. The van der Waals surface area contributed by atoms with Crippen LogP contribution in [0.1, 0.15) is 50.6 Å². The molecule has 174 valence electrons. The first kappa shape index (κ1) is 24.4. The molecular formula is C23H26N4O4S2. The van der Waals surface area contributed by atoms with Gasteiger partial charge in [0, 0.05) is 12.3 Å². The number of thiophene rings is 1. The number of anilines is 2. The minimum Gasteiger partial charge on any atom is -0.462 e.